The van der Waals surface area contributed by atoms with Crippen LogP contribution in [0.25, 0.3) is 0 Å². The minimum absolute atomic E-state index is 0.313. The number of amidine groups is 1. The molecule has 164 valence electrons. The highest BCUT2D eigenvalue weighted by Gasteiger charge is 2.36. The molecule has 6 nitrogen and oxygen atoms in total. The molecule has 1 aliphatic carbocycles. The molecule has 6 heteroatoms. The van der Waals surface area contributed by atoms with Crippen LogP contribution in [0.2, 0.25) is 0 Å². The van der Waals surface area contributed by atoms with Crippen LogP contribution in [0.4, 0.5) is 0 Å². The van der Waals surface area contributed by atoms with Crippen LogP contribution in [0, 0.1) is 0 Å². The Morgan fingerprint density at radius 3 is 3.06 bits per heavy atom. The molecule has 5 heterocycles. The average Bonchev–Trinajstić information content (AvgIpc) is 3.44. The number of aromatic nitrogens is 1. The van der Waals surface area contributed by atoms with Crippen molar-refractivity contribution in [3.63, 3.8) is 0 Å². The molecule has 0 N–H and O–H groups in total. The van der Waals surface area contributed by atoms with Gasteiger partial charge in [-0.25, -0.2) is 0 Å². The van der Waals surface area contributed by atoms with Crippen LogP contribution in [0.1, 0.15) is 43.0 Å². The first-order valence-corrected chi connectivity index (χ1v) is 12.1. The van der Waals surface area contributed by atoms with Gasteiger partial charge in [0.25, 0.3) is 0 Å². The lowest BCUT2D eigenvalue weighted by Gasteiger charge is -2.43. The predicted octanol–water partition coefficient (Wildman–Crippen LogP) is 2.66. The Kier molecular flexibility index (Phi) is 5.07. The Labute approximate surface area is 185 Å². The standard InChI is InChI=1S/C25H34N6/c1-28(22-9-2-6-19-7-4-12-26-25(19)22)16-20-17-31-23(27-20)10-3-11-24(31)30-15-14-29-13-5-8-21(29)18-30/h3-4,7,10-12,20-22H,2,5-6,8-9,13-18H2,1H3/t20?,21?,22-/m0/s1. The van der Waals surface area contributed by atoms with Gasteiger partial charge in [-0.1, -0.05) is 12.1 Å². The van der Waals surface area contributed by atoms with E-state index in [-0.39, 0.29) is 0 Å². The summed E-state index contributed by atoms with van der Waals surface area (Å²) in [5.41, 5.74) is 2.72. The Balaban J connectivity index is 1.14. The first-order valence-electron chi connectivity index (χ1n) is 12.1. The fourth-order valence-corrected chi connectivity index (χ4v) is 6.30. The summed E-state index contributed by atoms with van der Waals surface area (Å²) in [6, 6.07) is 5.80. The first kappa shape index (κ1) is 19.5. The van der Waals surface area contributed by atoms with Crippen molar-refractivity contribution >= 4 is 5.84 Å². The second kappa shape index (κ2) is 8.06. The number of likely N-dealkylation sites (N-methyl/N-ethyl adjacent to an activating group) is 1. The fourth-order valence-electron chi connectivity index (χ4n) is 6.30. The molecule has 3 atom stereocenters. The summed E-state index contributed by atoms with van der Waals surface area (Å²) in [7, 11) is 2.26. The molecular weight excluding hydrogens is 384 g/mol. The van der Waals surface area contributed by atoms with Crippen molar-refractivity contribution in [3.05, 3.63) is 53.6 Å². The summed E-state index contributed by atoms with van der Waals surface area (Å²) in [5.74, 6) is 2.51. The third-order valence-corrected chi connectivity index (χ3v) is 7.86. The summed E-state index contributed by atoms with van der Waals surface area (Å²) in [6.45, 7) is 6.77. The fraction of sp³-hybridized carbons (Fsp3) is 0.600. The Bertz CT molecular complexity index is 920. The minimum atomic E-state index is 0.313. The molecule has 0 aromatic carbocycles. The SMILES string of the molecule is CN(CC1CN2C(N3CCN4CCCC4C3)=CC=CC2=N1)[C@H]1CCCc2cccnc21. The zero-order chi connectivity index (χ0) is 20.8. The number of aryl methyl sites for hydroxylation is 1. The molecule has 2 fully saturated rings. The molecule has 1 aromatic heterocycles. The van der Waals surface area contributed by atoms with E-state index in [2.05, 4.69) is 57.0 Å². The van der Waals surface area contributed by atoms with Crippen LogP contribution in [-0.2, 0) is 6.42 Å². The number of allylic oxidation sites excluding steroid dienone is 2. The van der Waals surface area contributed by atoms with Gasteiger partial charge in [-0.2, -0.15) is 0 Å². The number of nitrogens with zero attached hydrogens (tertiary/aromatic N) is 6. The van der Waals surface area contributed by atoms with E-state index in [1.165, 1.54) is 68.8 Å². The molecule has 2 saturated heterocycles. The van der Waals surface area contributed by atoms with E-state index in [1.807, 2.05) is 6.20 Å². The molecule has 4 aliphatic heterocycles. The zero-order valence-corrected chi connectivity index (χ0v) is 18.7. The summed E-state index contributed by atoms with van der Waals surface area (Å²) >= 11 is 0. The lowest BCUT2D eigenvalue weighted by Crippen LogP contribution is -2.52. The van der Waals surface area contributed by atoms with Crippen molar-refractivity contribution in [1.29, 1.82) is 0 Å². The van der Waals surface area contributed by atoms with E-state index in [4.69, 9.17) is 9.98 Å². The second-order valence-corrected chi connectivity index (χ2v) is 9.81. The number of pyridine rings is 1. The van der Waals surface area contributed by atoms with Gasteiger partial charge in [0.2, 0.25) is 0 Å². The maximum atomic E-state index is 5.13. The van der Waals surface area contributed by atoms with E-state index < -0.39 is 0 Å². The molecule has 2 unspecified atom stereocenters. The van der Waals surface area contributed by atoms with Crippen LogP contribution in [0.5, 0.6) is 0 Å². The van der Waals surface area contributed by atoms with Crippen molar-refractivity contribution in [1.82, 2.24) is 24.6 Å². The normalized spacial score (nSPS) is 30.2. The quantitative estimate of drug-likeness (QED) is 0.752. The van der Waals surface area contributed by atoms with Crippen LogP contribution in [0.15, 0.2) is 47.4 Å². The molecule has 0 amide bonds. The number of hydrogen-bond acceptors (Lipinski definition) is 6. The van der Waals surface area contributed by atoms with Crippen LogP contribution in [-0.4, -0.2) is 88.8 Å². The zero-order valence-electron chi connectivity index (χ0n) is 18.7. The Morgan fingerprint density at radius 2 is 2.10 bits per heavy atom. The molecule has 0 bridgehead atoms. The molecule has 1 aromatic rings. The lowest BCUT2D eigenvalue weighted by atomic mass is 9.91. The number of fused-ring (bicyclic) bond motifs is 3. The first-order chi connectivity index (χ1) is 15.3. The maximum Gasteiger partial charge on any atom is 0.129 e. The topological polar surface area (TPSA) is 38.2 Å². The number of aliphatic imine (C=N–C) groups is 1. The highest BCUT2D eigenvalue weighted by molar-refractivity contribution is 5.96. The summed E-state index contributed by atoms with van der Waals surface area (Å²) in [6.07, 6.45) is 15.0. The Morgan fingerprint density at radius 1 is 1.13 bits per heavy atom. The maximum absolute atomic E-state index is 5.13. The van der Waals surface area contributed by atoms with Gasteiger partial charge in [0, 0.05) is 45.0 Å². The average molecular weight is 419 g/mol. The van der Waals surface area contributed by atoms with E-state index in [0.29, 0.717) is 12.1 Å². The smallest absolute Gasteiger partial charge is 0.129 e. The van der Waals surface area contributed by atoms with Gasteiger partial charge in [-0.3, -0.25) is 19.8 Å². The van der Waals surface area contributed by atoms with Gasteiger partial charge in [0.15, 0.2) is 0 Å². The van der Waals surface area contributed by atoms with E-state index >= 15 is 0 Å². The molecule has 0 spiro atoms. The molecule has 6 rings (SSSR count). The number of piperazine rings is 1. The summed E-state index contributed by atoms with van der Waals surface area (Å²) in [5, 5.41) is 0. The third kappa shape index (κ3) is 3.60. The van der Waals surface area contributed by atoms with Crippen molar-refractivity contribution in [2.24, 2.45) is 4.99 Å². The van der Waals surface area contributed by atoms with Gasteiger partial charge < -0.3 is 9.80 Å². The molecule has 31 heavy (non-hydrogen) atoms. The molecule has 0 radical (unpaired) electrons. The van der Waals surface area contributed by atoms with Gasteiger partial charge in [-0.05, 0) is 69.5 Å². The van der Waals surface area contributed by atoms with Gasteiger partial charge >= 0.3 is 0 Å². The highest BCUT2D eigenvalue weighted by atomic mass is 15.4. The van der Waals surface area contributed by atoms with E-state index in [9.17, 15) is 0 Å². The van der Waals surface area contributed by atoms with Crippen LogP contribution in [0.3, 0.4) is 0 Å². The van der Waals surface area contributed by atoms with Gasteiger partial charge in [0.1, 0.15) is 11.7 Å². The molecule has 0 saturated carbocycles. The highest BCUT2D eigenvalue weighted by Crippen LogP contribution is 2.33. The number of rotatable bonds is 4. The summed E-state index contributed by atoms with van der Waals surface area (Å²) < 4.78 is 0. The van der Waals surface area contributed by atoms with E-state index in [0.717, 1.165) is 31.5 Å². The van der Waals surface area contributed by atoms with Crippen molar-refractivity contribution in [2.45, 2.75) is 50.2 Å². The van der Waals surface area contributed by atoms with Crippen molar-refractivity contribution in [2.75, 3.05) is 46.3 Å². The second-order valence-electron chi connectivity index (χ2n) is 9.81. The predicted molar refractivity (Wildman–Crippen MR) is 124 cm³/mol. The van der Waals surface area contributed by atoms with Crippen molar-refractivity contribution < 1.29 is 0 Å². The Hall–Kier alpha value is -2.18. The lowest BCUT2D eigenvalue weighted by molar-refractivity contribution is 0.110. The van der Waals surface area contributed by atoms with E-state index in [1.54, 1.807) is 0 Å². The molecular formula is C25H34N6. The largest absolute Gasteiger partial charge is 0.355 e. The van der Waals surface area contributed by atoms with Gasteiger partial charge in [0.05, 0.1) is 17.8 Å². The minimum Gasteiger partial charge on any atom is -0.355 e. The summed E-state index contributed by atoms with van der Waals surface area (Å²) in [4.78, 5) is 20.1. The monoisotopic (exact) mass is 418 g/mol. The van der Waals surface area contributed by atoms with Gasteiger partial charge in [-0.15, -0.1) is 0 Å². The number of hydrogen-bond donors (Lipinski definition) is 0. The third-order valence-electron chi connectivity index (χ3n) is 7.86. The van der Waals surface area contributed by atoms with Crippen LogP contribution < -0.4 is 0 Å². The van der Waals surface area contributed by atoms with Crippen LogP contribution >= 0.6 is 0 Å². The molecule has 5 aliphatic rings. The van der Waals surface area contributed by atoms with Crippen molar-refractivity contribution in [3.8, 4) is 0 Å².